The highest BCUT2D eigenvalue weighted by Gasteiger charge is 2.34. The van der Waals surface area contributed by atoms with Gasteiger partial charge in [-0.3, -0.25) is 9.59 Å². The van der Waals surface area contributed by atoms with E-state index in [2.05, 4.69) is 0 Å². The van der Waals surface area contributed by atoms with Crippen LogP contribution in [-0.2, 0) is 9.59 Å². The lowest BCUT2D eigenvalue weighted by atomic mass is 9.93. The van der Waals surface area contributed by atoms with Gasteiger partial charge in [-0.25, -0.2) is 0 Å². The summed E-state index contributed by atoms with van der Waals surface area (Å²) in [5, 5.41) is 9.43. The van der Waals surface area contributed by atoms with Crippen molar-refractivity contribution in [3.05, 3.63) is 0 Å². The molecular formula is C9H17NO3. The zero-order chi connectivity index (χ0) is 10.5. The summed E-state index contributed by atoms with van der Waals surface area (Å²) in [4.78, 5) is 22.1. The summed E-state index contributed by atoms with van der Waals surface area (Å²) in [7, 11) is 0. The molecule has 0 saturated heterocycles. The van der Waals surface area contributed by atoms with Crippen molar-refractivity contribution >= 4 is 11.6 Å². The van der Waals surface area contributed by atoms with Gasteiger partial charge in [0.1, 0.15) is 0 Å². The number of unbranched alkanes of at least 4 members (excludes halogenated alkanes) is 1. The van der Waals surface area contributed by atoms with E-state index in [0.29, 0.717) is 13.0 Å². The van der Waals surface area contributed by atoms with Crippen molar-refractivity contribution in [3.8, 4) is 0 Å². The Morgan fingerprint density at radius 1 is 1.38 bits per heavy atom. The molecule has 4 nitrogen and oxygen atoms in total. The van der Waals surface area contributed by atoms with E-state index in [1.54, 1.807) is 0 Å². The van der Waals surface area contributed by atoms with E-state index in [-0.39, 0.29) is 6.42 Å². The van der Waals surface area contributed by atoms with Crippen LogP contribution in [0.25, 0.3) is 0 Å². The maximum atomic E-state index is 11.3. The van der Waals surface area contributed by atoms with E-state index < -0.39 is 17.2 Å². The van der Waals surface area contributed by atoms with Gasteiger partial charge in [-0.1, -0.05) is 0 Å². The largest absolute Gasteiger partial charge is 0.375 e. The zero-order valence-electron chi connectivity index (χ0n) is 8.17. The van der Waals surface area contributed by atoms with Crippen molar-refractivity contribution < 1.29 is 14.7 Å². The molecule has 0 aliphatic rings. The van der Waals surface area contributed by atoms with E-state index in [1.165, 1.54) is 13.8 Å². The molecule has 0 aromatic heterocycles. The molecule has 0 aromatic rings. The molecule has 4 heteroatoms. The van der Waals surface area contributed by atoms with Crippen molar-refractivity contribution in [2.24, 2.45) is 5.73 Å². The van der Waals surface area contributed by atoms with Crippen molar-refractivity contribution in [2.45, 2.75) is 38.7 Å². The number of aliphatic hydroxyl groups is 1. The maximum absolute atomic E-state index is 11.3. The number of hydrogen-bond donors (Lipinski definition) is 2. The minimum atomic E-state index is -1.81. The molecule has 0 amide bonds. The third kappa shape index (κ3) is 3.65. The standard InChI is InChI=1S/C9H17NO3/c1-7(11)9(2,13)8(12)5-3-4-6-10/h13H,3-6,10H2,1-2H3/t9-/m1/s1. The molecule has 0 fully saturated rings. The maximum Gasteiger partial charge on any atom is 0.177 e. The highest BCUT2D eigenvalue weighted by molar-refractivity contribution is 6.08. The van der Waals surface area contributed by atoms with Gasteiger partial charge in [0.2, 0.25) is 0 Å². The van der Waals surface area contributed by atoms with Crippen molar-refractivity contribution in [1.82, 2.24) is 0 Å². The fourth-order valence-corrected chi connectivity index (χ4v) is 0.870. The minimum absolute atomic E-state index is 0.212. The van der Waals surface area contributed by atoms with Crippen LogP contribution in [0.5, 0.6) is 0 Å². The summed E-state index contributed by atoms with van der Waals surface area (Å²) >= 11 is 0. The van der Waals surface area contributed by atoms with E-state index in [4.69, 9.17) is 5.73 Å². The Hall–Kier alpha value is -0.740. The monoisotopic (exact) mass is 187 g/mol. The van der Waals surface area contributed by atoms with Gasteiger partial charge >= 0.3 is 0 Å². The van der Waals surface area contributed by atoms with Gasteiger partial charge in [0, 0.05) is 6.42 Å². The van der Waals surface area contributed by atoms with Crippen molar-refractivity contribution in [1.29, 1.82) is 0 Å². The van der Waals surface area contributed by atoms with Crippen LogP contribution >= 0.6 is 0 Å². The lowest BCUT2D eigenvalue weighted by Gasteiger charge is -2.17. The van der Waals surface area contributed by atoms with Crippen LogP contribution in [0, 0.1) is 0 Å². The molecular weight excluding hydrogens is 170 g/mol. The summed E-state index contributed by atoms with van der Waals surface area (Å²) < 4.78 is 0. The number of carbonyl (C=O) groups is 2. The van der Waals surface area contributed by atoms with Crippen LogP contribution in [0.4, 0.5) is 0 Å². The molecule has 0 rings (SSSR count). The first kappa shape index (κ1) is 12.3. The van der Waals surface area contributed by atoms with Crippen molar-refractivity contribution in [3.63, 3.8) is 0 Å². The first-order chi connectivity index (χ1) is 5.92. The van der Waals surface area contributed by atoms with Gasteiger partial charge in [0.05, 0.1) is 0 Å². The average molecular weight is 187 g/mol. The molecule has 1 atom stereocenters. The fraction of sp³-hybridized carbons (Fsp3) is 0.778. The predicted octanol–water partition coefficient (Wildman–Crippen LogP) is 0.0245. The van der Waals surface area contributed by atoms with E-state index >= 15 is 0 Å². The molecule has 3 N–H and O–H groups in total. The van der Waals surface area contributed by atoms with Gasteiger partial charge in [-0.2, -0.15) is 0 Å². The predicted molar refractivity (Wildman–Crippen MR) is 49.2 cm³/mol. The molecule has 0 saturated carbocycles. The Labute approximate surface area is 78.1 Å². The molecule has 0 aliphatic carbocycles. The molecule has 0 spiro atoms. The molecule has 0 radical (unpaired) electrons. The third-order valence-corrected chi connectivity index (χ3v) is 2.09. The number of ketones is 2. The fourth-order valence-electron chi connectivity index (χ4n) is 0.870. The number of hydrogen-bond acceptors (Lipinski definition) is 4. The third-order valence-electron chi connectivity index (χ3n) is 2.09. The summed E-state index contributed by atoms with van der Waals surface area (Å²) in [6.07, 6.45) is 1.57. The first-order valence-electron chi connectivity index (χ1n) is 4.39. The quantitative estimate of drug-likeness (QED) is 0.454. The van der Waals surface area contributed by atoms with Crippen molar-refractivity contribution in [2.75, 3.05) is 6.54 Å². The molecule has 13 heavy (non-hydrogen) atoms. The molecule has 76 valence electrons. The summed E-state index contributed by atoms with van der Waals surface area (Å²) in [5.74, 6) is -0.932. The first-order valence-corrected chi connectivity index (χ1v) is 4.39. The second-order valence-corrected chi connectivity index (χ2v) is 3.30. The highest BCUT2D eigenvalue weighted by Crippen LogP contribution is 2.11. The Bertz CT molecular complexity index is 199. The van der Waals surface area contributed by atoms with Crippen LogP contribution < -0.4 is 5.73 Å². The Balaban J connectivity index is 4.03. The molecule has 0 heterocycles. The smallest absolute Gasteiger partial charge is 0.177 e. The summed E-state index contributed by atoms with van der Waals surface area (Å²) in [6, 6.07) is 0. The van der Waals surface area contributed by atoms with Crippen LogP contribution in [0.2, 0.25) is 0 Å². The zero-order valence-corrected chi connectivity index (χ0v) is 8.17. The summed E-state index contributed by atoms with van der Waals surface area (Å²) in [6.45, 7) is 2.97. The van der Waals surface area contributed by atoms with Gasteiger partial charge in [-0.05, 0) is 33.2 Å². The molecule has 0 unspecified atom stereocenters. The topological polar surface area (TPSA) is 80.4 Å². The van der Waals surface area contributed by atoms with E-state index in [0.717, 1.165) is 6.42 Å². The van der Waals surface area contributed by atoms with Crippen LogP contribution in [0.3, 0.4) is 0 Å². The Kier molecular flexibility index (Phi) is 4.80. The summed E-state index contributed by atoms with van der Waals surface area (Å²) in [5.41, 5.74) is 3.43. The average Bonchev–Trinajstić information content (AvgIpc) is 2.04. The number of Topliss-reactive ketones (excluding diaryl/α,β-unsaturated/α-hetero) is 2. The van der Waals surface area contributed by atoms with Gasteiger partial charge in [0.15, 0.2) is 17.2 Å². The second-order valence-electron chi connectivity index (χ2n) is 3.30. The minimum Gasteiger partial charge on any atom is -0.375 e. The lowest BCUT2D eigenvalue weighted by Crippen LogP contribution is -2.42. The molecule has 0 bridgehead atoms. The van der Waals surface area contributed by atoms with E-state index in [1.807, 2.05) is 0 Å². The Morgan fingerprint density at radius 2 is 1.92 bits per heavy atom. The van der Waals surface area contributed by atoms with Gasteiger partial charge in [-0.15, -0.1) is 0 Å². The molecule has 0 aromatic carbocycles. The second kappa shape index (κ2) is 5.09. The van der Waals surface area contributed by atoms with Crippen LogP contribution in [0.1, 0.15) is 33.1 Å². The molecule has 0 aliphatic heterocycles. The SMILES string of the molecule is CC(=O)[C@@](C)(O)C(=O)CCCCN. The number of rotatable bonds is 6. The normalized spacial score (nSPS) is 15.1. The lowest BCUT2D eigenvalue weighted by molar-refractivity contribution is -0.147. The van der Waals surface area contributed by atoms with Crippen LogP contribution in [0.15, 0.2) is 0 Å². The van der Waals surface area contributed by atoms with Gasteiger partial charge in [0.25, 0.3) is 0 Å². The van der Waals surface area contributed by atoms with E-state index in [9.17, 15) is 14.7 Å². The van der Waals surface area contributed by atoms with Gasteiger partial charge < -0.3 is 10.8 Å². The Morgan fingerprint density at radius 3 is 2.31 bits per heavy atom. The van der Waals surface area contributed by atoms with Crippen LogP contribution in [-0.4, -0.2) is 28.8 Å². The number of nitrogens with two attached hydrogens (primary N) is 1. The number of carbonyl (C=O) groups excluding carboxylic acids is 2. The highest BCUT2D eigenvalue weighted by atomic mass is 16.3.